The van der Waals surface area contributed by atoms with Crippen LogP contribution in [-0.4, -0.2) is 34.9 Å². The van der Waals surface area contributed by atoms with E-state index in [9.17, 15) is 14.9 Å². The third kappa shape index (κ3) is 2.57. The molecule has 1 aliphatic rings. The van der Waals surface area contributed by atoms with Gasteiger partial charge < -0.3 is 16.4 Å². The van der Waals surface area contributed by atoms with Crippen molar-refractivity contribution in [1.82, 2.24) is 4.90 Å². The SMILES string of the molecule is CC1CC(CN)CN1C(=O)c1cc([N+](=O)[O-])ccc1N. The Morgan fingerprint density at radius 1 is 1.55 bits per heavy atom. The zero-order valence-electron chi connectivity index (χ0n) is 11.3. The molecule has 1 fully saturated rings. The Hall–Kier alpha value is -2.15. The van der Waals surface area contributed by atoms with Crippen molar-refractivity contribution in [1.29, 1.82) is 0 Å². The maximum atomic E-state index is 12.5. The standard InChI is InChI=1S/C13H18N4O3/c1-8-4-9(6-14)7-16(8)13(18)11-5-10(17(19)20)2-3-12(11)15/h2-3,5,8-9H,4,6-7,14-15H2,1H3. The number of nitro groups is 1. The van der Waals surface area contributed by atoms with E-state index in [2.05, 4.69) is 0 Å². The molecule has 1 saturated heterocycles. The first-order valence-electron chi connectivity index (χ1n) is 6.49. The molecule has 0 bridgehead atoms. The molecule has 2 atom stereocenters. The van der Waals surface area contributed by atoms with E-state index >= 15 is 0 Å². The fourth-order valence-electron chi connectivity index (χ4n) is 2.59. The van der Waals surface area contributed by atoms with Crippen molar-refractivity contribution in [2.75, 3.05) is 18.8 Å². The lowest BCUT2D eigenvalue weighted by Gasteiger charge is -2.22. The molecule has 1 aromatic rings. The van der Waals surface area contributed by atoms with E-state index in [1.165, 1.54) is 18.2 Å². The lowest BCUT2D eigenvalue weighted by atomic mass is 10.1. The molecule has 108 valence electrons. The fourth-order valence-corrected chi connectivity index (χ4v) is 2.59. The molecule has 7 nitrogen and oxygen atoms in total. The third-order valence-corrected chi connectivity index (χ3v) is 3.73. The number of carbonyl (C=O) groups is 1. The van der Waals surface area contributed by atoms with Crippen molar-refractivity contribution in [3.05, 3.63) is 33.9 Å². The second-order valence-electron chi connectivity index (χ2n) is 5.17. The maximum Gasteiger partial charge on any atom is 0.270 e. The van der Waals surface area contributed by atoms with Gasteiger partial charge in [-0.05, 0) is 31.9 Å². The van der Waals surface area contributed by atoms with E-state index in [0.717, 1.165) is 6.42 Å². The van der Waals surface area contributed by atoms with E-state index in [-0.39, 0.29) is 34.8 Å². The highest BCUT2D eigenvalue weighted by Gasteiger charge is 2.33. The predicted molar refractivity (Wildman–Crippen MR) is 75.2 cm³/mol. The number of nitro benzene ring substituents is 1. The summed E-state index contributed by atoms with van der Waals surface area (Å²) in [5.74, 6) is 0.00326. The van der Waals surface area contributed by atoms with Crippen LogP contribution in [0.3, 0.4) is 0 Å². The number of amides is 1. The summed E-state index contributed by atoms with van der Waals surface area (Å²) in [6.45, 7) is 3.04. The van der Waals surface area contributed by atoms with Gasteiger partial charge in [-0.25, -0.2) is 0 Å². The van der Waals surface area contributed by atoms with Crippen LogP contribution in [-0.2, 0) is 0 Å². The minimum absolute atomic E-state index is 0.0645. The summed E-state index contributed by atoms with van der Waals surface area (Å²) < 4.78 is 0. The van der Waals surface area contributed by atoms with Gasteiger partial charge in [0.05, 0.1) is 10.5 Å². The number of nitrogens with zero attached hydrogens (tertiary/aromatic N) is 2. The number of likely N-dealkylation sites (tertiary alicyclic amines) is 1. The van der Waals surface area contributed by atoms with Gasteiger partial charge in [-0.3, -0.25) is 14.9 Å². The molecule has 0 spiro atoms. The quantitative estimate of drug-likeness (QED) is 0.486. The van der Waals surface area contributed by atoms with Crippen molar-refractivity contribution in [3.8, 4) is 0 Å². The average Bonchev–Trinajstić information content (AvgIpc) is 2.79. The molecule has 0 aliphatic carbocycles. The van der Waals surface area contributed by atoms with Crippen molar-refractivity contribution < 1.29 is 9.72 Å². The first-order chi connectivity index (χ1) is 9.43. The van der Waals surface area contributed by atoms with Crippen molar-refractivity contribution >= 4 is 17.3 Å². The van der Waals surface area contributed by atoms with E-state index in [1.807, 2.05) is 6.92 Å². The van der Waals surface area contributed by atoms with Crippen LogP contribution in [0.25, 0.3) is 0 Å². The van der Waals surface area contributed by atoms with Gasteiger partial charge in [0, 0.05) is 30.4 Å². The molecule has 2 rings (SSSR count). The van der Waals surface area contributed by atoms with Gasteiger partial charge in [0.25, 0.3) is 11.6 Å². The Balaban J connectivity index is 2.29. The number of hydrogen-bond donors (Lipinski definition) is 2. The van der Waals surface area contributed by atoms with Gasteiger partial charge in [-0.15, -0.1) is 0 Å². The molecule has 0 saturated carbocycles. The number of carbonyl (C=O) groups excluding carboxylic acids is 1. The largest absolute Gasteiger partial charge is 0.398 e. The predicted octanol–water partition coefficient (Wildman–Crippen LogP) is 0.986. The Morgan fingerprint density at radius 3 is 2.80 bits per heavy atom. The van der Waals surface area contributed by atoms with Gasteiger partial charge in [0.1, 0.15) is 0 Å². The smallest absolute Gasteiger partial charge is 0.270 e. The second-order valence-corrected chi connectivity index (χ2v) is 5.17. The summed E-state index contributed by atoms with van der Waals surface area (Å²) in [6, 6.07) is 3.99. The van der Waals surface area contributed by atoms with Crippen LogP contribution >= 0.6 is 0 Å². The van der Waals surface area contributed by atoms with Crippen LogP contribution in [0.1, 0.15) is 23.7 Å². The molecule has 0 aromatic heterocycles. The average molecular weight is 278 g/mol. The molecule has 2 unspecified atom stereocenters. The molecule has 7 heteroatoms. The number of non-ortho nitro benzene ring substituents is 1. The Kier molecular flexibility index (Phi) is 3.89. The van der Waals surface area contributed by atoms with Crippen LogP contribution in [0, 0.1) is 16.0 Å². The van der Waals surface area contributed by atoms with Crippen LogP contribution in [0.4, 0.5) is 11.4 Å². The summed E-state index contributed by atoms with van der Waals surface area (Å²) in [7, 11) is 0. The van der Waals surface area contributed by atoms with Crippen LogP contribution in [0.5, 0.6) is 0 Å². The molecule has 1 amide bonds. The third-order valence-electron chi connectivity index (χ3n) is 3.73. The Bertz CT molecular complexity index is 546. The summed E-state index contributed by atoms with van der Waals surface area (Å²) >= 11 is 0. The Morgan fingerprint density at radius 2 is 2.25 bits per heavy atom. The number of rotatable bonds is 3. The van der Waals surface area contributed by atoms with Crippen LogP contribution < -0.4 is 11.5 Å². The van der Waals surface area contributed by atoms with Gasteiger partial charge in [-0.1, -0.05) is 0 Å². The maximum absolute atomic E-state index is 12.5. The summed E-state index contributed by atoms with van der Waals surface area (Å²) in [4.78, 5) is 24.4. The lowest BCUT2D eigenvalue weighted by molar-refractivity contribution is -0.384. The van der Waals surface area contributed by atoms with Crippen LogP contribution in [0.15, 0.2) is 18.2 Å². The molecule has 4 N–H and O–H groups in total. The van der Waals surface area contributed by atoms with E-state index < -0.39 is 4.92 Å². The first kappa shape index (κ1) is 14.3. The minimum Gasteiger partial charge on any atom is -0.398 e. The highest BCUT2D eigenvalue weighted by Crippen LogP contribution is 2.27. The zero-order chi connectivity index (χ0) is 14.9. The molecule has 1 heterocycles. The molecular weight excluding hydrogens is 260 g/mol. The second kappa shape index (κ2) is 5.46. The molecular formula is C13H18N4O3. The first-order valence-corrected chi connectivity index (χ1v) is 6.49. The number of hydrogen-bond acceptors (Lipinski definition) is 5. The van der Waals surface area contributed by atoms with Gasteiger partial charge in [-0.2, -0.15) is 0 Å². The number of benzene rings is 1. The number of nitrogens with two attached hydrogens (primary N) is 2. The zero-order valence-corrected chi connectivity index (χ0v) is 11.3. The Labute approximate surface area is 116 Å². The van der Waals surface area contributed by atoms with E-state index in [1.54, 1.807) is 4.90 Å². The summed E-state index contributed by atoms with van der Waals surface area (Å²) in [5.41, 5.74) is 11.7. The number of anilines is 1. The van der Waals surface area contributed by atoms with Crippen LogP contribution in [0.2, 0.25) is 0 Å². The van der Waals surface area contributed by atoms with Crippen molar-refractivity contribution in [2.45, 2.75) is 19.4 Å². The van der Waals surface area contributed by atoms with E-state index in [0.29, 0.717) is 13.1 Å². The highest BCUT2D eigenvalue weighted by molar-refractivity contribution is 6.00. The normalized spacial score (nSPS) is 22.0. The van der Waals surface area contributed by atoms with Crippen molar-refractivity contribution in [2.24, 2.45) is 11.7 Å². The van der Waals surface area contributed by atoms with Gasteiger partial charge in [0.15, 0.2) is 0 Å². The van der Waals surface area contributed by atoms with Gasteiger partial charge >= 0.3 is 0 Å². The fraction of sp³-hybridized carbons (Fsp3) is 0.462. The molecule has 1 aliphatic heterocycles. The topological polar surface area (TPSA) is 115 Å². The molecule has 0 radical (unpaired) electrons. The lowest BCUT2D eigenvalue weighted by Crippen LogP contribution is -2.34. The summed E-state index contributed by atoms with van der Waals surface area (Å²) in [6.07, 6.45) is 0.844. The molecule has 1 aromatic carbocycles. The van der Waals surface area contributed by atoms with E-state index in [4.69, 9.17) is 11.5 Å². The summed E-state index contributed by atoms with van der Waals surface area (Å²) in [5, 5.41) is 10.8. The monoisotopic (exact) mass is 278 g/mol. The van der Waals surface area contributed by atoms with Gasteiger partial charge in [0.2, 0.25) is 0 Å². The minimum atomic E-state index is -0.535. The molecule has 20 heavy (non-hydrogen) atoms. The highest BCUT2D eigenvalue weighted by atomic mass is 16.6. The number of nitrogen functional groups attached to an aromatic ring is 1. The van der Waals surface area contributed by atoms with Crippen molar-refractivity contribution in [3.63, 3.8) is 0 Å².